The number of non-ortho nitro benzene ring substituents is 1. The number of fused-ring (bicyclic) bond motifs is 4. The van der Waals surface area contributed by atoms with Crippen LogP contribution in [0.3, 0.4) is 0 Å². The van der Waals surface area contributed by atoms with Crippen LogP contribution >= 0.6 is 39.1 Å². The Balaban J connectivity index is 1.41. The maximum absolute atomic E-state index is 14.5. The number of imide groups is 2. The molecule has 11 nitrogen and oxygen atoms in total. The van der Waals surface area contributed by atoms with Gasteiger partial charge in [0.1, 0.15) is 5.82 Å². The van der Waals surface area contributed by atoms with E-state index in [1.165, 1.54) is 49.6 Å². The lowest BCUT2D eigenvalue weighted by Gasteiger charge is -2.50. The van der Waals surface area contributed by atoms with E-state index in [4.69, 9.17) is 27.9 Å². The van der Waals surface area contributed by atoms with Crippen molar-refractivity contribution >= 4 is 79.8 Å². The minimum absolute atomic E-state index is 0.0207. The van der Waals surface area contributed by atoms with E-state index in [-0.39, 0.29) is 45.9 Å². The number of carbonyl (C=O) groups excluding carboxylic acids is 4. The maximum atomic E-state index is 14.5. The van der Waals surface area contributed by atoms with Crippen molar-refractivity contribution < 1.29 is 38.3 Å². The van der Waals surface area contributed by atoms with Crippen molar-refractivity contribution in [2.75, 3.05) is 16.9 Å². The summed E-state index contributed by atoms with van der Waals surface area (Å²) in [7, 11) is 1.33. The zero-order chi connectivity index (χ0) is 34.4. The first-order valence-corrected chi connectivity index (χ1v) is 16.2. The number of nitro benzene ring substituents is 1. The third-order valence-electron chi connectivity index (χ3n) is 9.80. The van der Waals surface area contributed by atoms with Crippen LogP contribution in [0.2, 0.25) is 0 Å². The number of methoxy groups -OCH3 is 1. The average molecular weight is 759 g/mol. The van der Waals surface area contributed by atoms with Gasteiger partial charge in [-0.1, -0.05) is 17.7 Å². The van der Waals surface area contributed by atoms with Gasteiger partial charge in [0, 0.05) is 18.1 Å². The Kier molecular flexibility index (Phi) is 7.46. The predicted molar refractivity (Wildman–Crippen MR) is 175 cm³/mol. The SMILES string of the molecule is COc1cc(C2C3=CCC4C(=O)N(c5cccc([N+](=O)[O-])c5)C(=O)C4C3CC3(Cl)C(=O)N(c4ccc(F)cc4)C(=O)C23Cl)cc(Br)c1O. The number of phenolic OH excluding ortho intramolecular Hbond substituents is 1. The fourth-order valence-corrected chi connectivity index (χ4v) is 9.08. The number of nitrogens with zero attached hydrogens (tertiary/aromatic N) is 3. The largest absolute Gasteiger partial charge is 0.503 e. The van der Waals surface area contributed by atoms with Crippen LogP contribution in [0.1, 0.15) is 24.3 Å². The normalized spacial score (nSPS) is 29.4. The molecule has 3 fully saturated rings. The zero-order valence-corrected chi connectivity index (χ0v) is 27.8. The lowest BCUT2D eigenvalue weighted by molar-refractivity contribution is -0.384. The molecular formula is C33H23BrCl2FN3O8. The Labute approximate surface area is 290 Å². The number of hydrogen-bond acceptors (Lipinski definition) is 8. The van der Waals surface area contributed by atoms with E-state index in [2.05, 4.69) is 15.9 Å². The number of hydrogen-bond donors (Lipinski definition) is 1. The molecular weight excluding hydrogens is 736 g/mol. The van der Waals surface area contributed by atoms with Crippen molar-refractivity contribution in [1.29, 1.82) is 0 Å². The number of rotatable bonds is 5. The maximum Gasteiger partial charge on any atom is 0.271 e. The number of anilines is 2. The van der Waals surface area contributed by atoms with Crippen LogP contribution in [-0.4, -0.2) is 50.5 Å². The van der Waals surface area contributed by atoms with Gasteiger partial charge in [-0.15, -0.1) is 23.2 Å². The van der Waals surface area contributed by atoms with Gasteiger partial charge in [-0.25, -0.2) is 14.2 Å². The quantitative estimate of drug-likeness (QED) is 0.110. The predicted octanol–water partition coefficient (Wildman–Crippen LogP) is 5.98. The van der Waals surface area contributed by atoms with Gasteiger partial charge in [0.15, 0.2) is 21.2 Å². The highest BCUT2D eigenvalue weighted by molar-refractivity contribution is 9.10. The number of alkyl halides is 2. The Bertz CT molecular complexity index is 2010. The molecule has 2 aliphatic carbocycles. The number of halogens is 4. The topological polar surface area (TPSA) is 147 Å². The molecule has 2 saturated heterocycles. The Morgan fingerprint density at radius 3 is 2.35 bits per heavy atom. The summed E-state index contributed by atoms with van der Waals surface area (Å²) in [6, 6.07) is 12.8. The number of nitro groups is 1. The molecule has 2 aliphatic heterocycles. The molecule has 0 spiro atoms. The van der Waals surface area contributed by atoms with Gasteiger partial charge in [0.25, 0.3) is 17.5 Å². The summed E-state index contributed by atoms with van der Waals surface area (Å²) in [5.74, 6) is -7.81. The van der Waals surface area contributed by atoms with E-state index in [9.17, 15) is 38.8 Å². The van der Waals surface area contributed by atoms with Crippen LogP contribution < -0.4 is 14.5 Å². The first-order chi connectivity index (χ1) is 22.7. The summed E-state index contributed by atoms with van der Waals surface area (Å²) in [5.41, 5.74) is 0.542. The van der Waals surface area contributed by atoms with Crippen LogP contribution in [0, 0.1) is 33.7 Å². The second-order valence-corrected chi connectivity index (χ2v) is 14.2. The van der Waals surface area contributed by atoms with Gasteiger partial charge in [-0.05, 0) is 82.7 Å². The standard InChI is InChI=1S/C33H23BrCl2FN3O8/c1-48-24-12-15(11-23(34)27(24)41)26-20-9-10-21-25(29(43)38(28(21)42)18-3-2-4-19(13-18)40(46)47)22(20)14-32(35)30(44)39(31(45)33(26,32)36)17-7-5-16(37)6-8-17/h2-9,11-13,21-22,25-26,41H,10,14H2,1H3. The molecule has 4 aliphatic rings. The second-order valence-electron chi connectivity index (χ2n) is 12.1. The molecule has 15 heteroatoms. The highest BCUT2D eigenvalue weighted by Gasteiger charge is 2.76. The van der Waals surface area contributed by atoms with Crippen molar-refractivity contribution in [2.45, 2.75) is 28.5 Å². The number of amides is 4. The molecule has 3 aromatic rings. The van der Waals surface area contributed by atoms with E-state index < -0.39 is 67.8 Å². The number of phenols is 1. The smallest absolute Gasteiger partial charge is 0.271 e. The van der Waals surface area contributed by atoms with E-state index >= 15 is 0 Å². The van der Waals surface area contributed by atoms with Crippen LogP contribution in [0.4, 0.5) is 21.5 Å². The monoisotopic (exact) mass is 757 g/mol. The van der Waals surface area contributed by atoms with Gasteiger partial charge in [0.2, 0.25) is 11.8 Å². The minimum atomic E-state index is -2.19. The summed E-state index contributed by atoms with van der Waals surface area (Å²) in [6.45, 7) is 0. The second kappa shape index (κ2) is 11.1. The summed E-state index contributed by atoms with van der Waals surface area (Å²) >= 11 is 18.0. The summed E-state index contributed by atoms with van der Waals surface area (Å²) in [4.78, 5) is 65.1. The van der Waals surface area contributed by atoms with Gasteiger partial charge >= 0.3 is 0 Å². The van der Waals surface area contributed by atoms with Gasteiger partial charge in [-0.3, -0.25) is 29.3 Å². The number of ether oxygens (including phenoxy) is 1. The third-order valence-corrected chi connectivity index (χ3v) is 11.8. The van der Waals surface area contributed by atoms with E-state index in [0.29, 0.717) is 11.1 Å². The Hall–Kier alpha value is -4.33. The highest BCUT2D eigenvalue weighted by Crippen LogP contribution is 2.66. The molecule has 7 rings (SSSR count). The van der Waals surface area contributed by atoms with Crippen molar-refractivity contribution in [2.24, 2.45) is 17.8 Å². The Morgan fingerprint density at radius 1 is 0.979 bits per heavy atom. The van der Waals surface area contributed by atoms with Crippen LogP contribution in [0.15, 0.2) is 76.8 Å². The average Bonchev–Trinajstić information content (AvgIpc) is 3.40. The number of allylic oxidation sites excluding steroid dienone is 2. The zero-order valence-electron chi connectivity index (χ0n) is 24.7. The van der Waals surface area contributed by atoms with E-state index in [1.807, 2.05) is 0 Å². The number of aromatic hydroxyl groups is 1. The molecule has 0 radical (unpaired) electrons. The first kappa shape index (κ1) is 32.2. The number of benzene rings is 3. The molecule has 48 heavy (non-hydrogen) atoms. The van der Waals surface area contributed by atoms with Crippen molar-refractivity contribution in [3.05, 3.63) is 98.3 Å². The molecule has 6 atom stereocenters. The van der Waals surface area contributed by atoms with E-state index in [0.717, 1.165) is 28.0 Å². The van der Waals surface area contributed by atoms with Crippen LogP contribution in [0.25, 0.3) is 0 Å². The molecule has 6 unspecified atom stereocenters. The lowest BCUT2D eigenvalue weighted by Crippen LogP contribution is -2.60. The van der Waals surface area contributed by atoms with Crippen molar-refractivity contribution in [3.8, 4) is 11.5 Å². The van der Waals surface area contributed by atoms with Crippen molar-refractivity contribution in [1.82, 2.24) is 0 Å². The molecule has 1 saturated carbocycles. The molecule has 4 amide bonds. The minimum Gasteiger partial charge on any atom is -0.503 e. The molecule has 0 bridgehead atoms. The summed E-state index contributed by atoms with van der Waals surface area (Å²) in [6.07, 6.45) is 1.47. The van der Waals surface area contributed by atoms with Crippen LogP contribution in [-0.2, 0) is 19.2 Å². The highest BCUT2D eigenvalue weighted by atomic mass is 79.9. The molecule has 246 valence electrons. The molecule has 2 heterocycles. The number of carbonyl (C=O) groups is 4. The van der Waals surface area contributed by atoms with E-state index in [1.54, 1.807) is 6.08 Å². The summed E-state index contributed by atoms with van der Waals surface area (Å²) in [5, 5.41) is 22.1. The lowest BCUT2D eigenvalue weighted by atomic mass is 9.56. The third kappa shape index (κ3) is 4.30. The van der Waals surface area contributed by atoms with Gasteiger partial charge in [-0.2, -0.15) is 0 Å². The fraction of sp³-hybridized carbons (Fsp3) is 0.273. The fourth-order valence-electron chi connectivity index (χ4n) is 7.69. The molecule has 0 aromatic heterocycles. The van der Waals surface area contributed by atoms with Gasteiger partial charge in [0.05, 0.1) is 39.7 Å². The van der Waals surface area contributed by atoms with Crippen molar-refractivity contribution in [3.63, 3.8) is 0 Å². The summed E-state index contributed by atoms with van der Waals surface area (Å²) < 4.78 is 19.4. The first-order valence-electron chi connectivity index (χ1n) is 14.7. The molecule has 1 N–H and O–H groups in total. The molecule has 3 aromatic carbocycles. The van der Waals surface area contributed by atoms with Gasteiger partial charge < -0.3 is 9.84 Å². The Morgan fingerprint density at radius 2 is 1.69 bits per heavy atom. The van der Waals surface area contributed by atoms with Crippen LogP contribution in [0.5, 0.6) is 11.5 Å².